The van der Waals surface area contributed by atoms with Crippen LogP contribution in [0.15, 0.2) is 24.3 Å². The Bertz CT molecular complexity index is 440. The second-order valence-corrected chi connectivity index (χ2v) is 5.88. The molecule has 3 nitrogen and oxygen atoms in total. The summed E-state index contributed by atoms with van der Waals surface area (Å²) in [6.45, 7) is 8.07. The van der Waals surface area contributed by atoms with Crippen molar-refractivity contribution in [2.24, 2.45) is 0 Å². The Kier molecular flexibility index (Phi) is 5.58. The number of rotatable bonds is 5. The van der Waals surface area contributed by atoms with E-state index in [2.05, 4.69) is 30.1 Å². The molecule has 1 saturated heterocycles. The van der Waals surface area contributed by atoms with Crippen molar-refractivity contribution >= 4 is 0 Å². The van der Waals surface area contributed by atoms with E-state index < -0.39 is 0 Å². The van der Waals surface area contributed by atoms with E-state index >= 15 is 0 Å². The van der Waals surface area contributed by atoms with E-state index in [1.165, 1.54) is 37.9 Å². The summed E-state index contributed by atoms with van der Waals surface area (Å²) in [5.74, 6) is 0. The molecule has 1 N–H and O–H groups in total. The summed E-state index contributed by atoms with van der Waals surface area (Å²) in [6, 6.07) is 10.8. The molecule has 1 aliphatic heterocycles. The summed E-state index contributed by atoms with van der Waals surface area (Å²) in [7, 11) is 0. The highest BCUT2D eigenvalue weighted by atomic mass is 15.2. The van der Waals surface area contributed by atoms with Crippen LogP contribution in [0.25, 0.3) is 0 Å². The molecule has 0 saturated carbocycles. The second-order valence-electron chi connectivity index (χ2n) is 5.88. The topological polar surface area (TPSA) is 39.1 Å². The van der Waals surface area contributed by atoms with Gasteiger partial charge in [0.05, 0.1) is 11.6 Å². The van der Waals surface area contributed by atoms with E-state index in [9.17, 15) is 0 Å². The van der Waals surface area contributed by atoms with Gasteiger partial charge in [0.15, 0.2) is 0 Å². The standard InChI is InChI=1S/C17H25N3/c1-14(13-20-10-4-3-5-11-20)19-15(2)17-8-6-16(12-18)7-9-17/h6-9,14-15,19H,3-5,10-11,13H2,1-2H3. The Hall–Kier alpha value is -1.37. The Balaban J connectivity index is 1.83. The molecule has 3 heteroatoms. The third-order valence-electron chi connectivity index (χ3n) is 4.06. The highest BCUT2D eigenvalue weighted by Crippen LogP contribution is 2.15. The van der Waals surface area contributed by atoms with Gasteiger partial charge >= 0.3 is 0 Å². The van der Waals surface area contributed by atoms with E-state index in [4.69, 9.17) is 5.26 Å². The number of benzene rings is 1. The van der Waals surface area contributed by atoms with Gasteiger partial charge in [-0.05, 0) is 57.5 Å². The Morgan fingerprint density at radius 1 is 1.15 bits per heavy atom. The molecule has 1 aromatic carbocycles. The van der Waals surface area contributed by atoms with Gasteiger partial charge in [0, 0.05) is 18.6 Å². The quantitative estimate of drug-likeness (QED) is 0.894. The van der Waals surface area contributed by atoms with Crippen LogP contribution in [-0.2, 0) is 0 Å². The lowest BCUT2D eigenvalue weighted by Gasteiger charge is -2.30. The molecule has 0 spiro atoms. The molecule has 20 heavy (non-hydrogen) atoms. The number of nitrogens with one attached hydrogen (secondary N) is 1. The molecule has 2 atom stereocenters. The molecular formula is C17H25N3. The normalized spacial score (nSPS) is 19.2. The third kappa shape index (κ3) is 4.33. The highest BCUT2D eigenvalue weighted by Gasteiger charge is 2.15. The SMILES string of the molecule is CC(CN1CCCCC1)NC(C)c1ccc(C#N)cc1. The molecule has 108 valence electrons. The van der Waals surface area contributed by atoms with E-state index in [1.807, 2.05) is 24.3 Å². The van der Waals surface area contributed by atoms with Gasteiger partial charge < -0.3 is 10.2 Å². The zero-order valence-electron chi connectivity index (χ0n) is 12.6. The van der Waals surface area contributed by atoms with Gasteiger partial charge in [-0.3, -0.25) is 0 Å². The second kappa shape index (κ2) is 7.42. The van der Waals surface area contributed by atoms with E-state index in [0.717, 1.165) is 12.1 Å². The molecule has 1 fully saturated rings. The lowest BCUT2D eigenvalue weighted by molar-refractivity contribution is 0.205. The fraction of sp³-hybridized carbons (Fsp3) is 0.588. The molecule has 1 aliphatic rings. The van der Waals surface area contributed by atoms with Gasteiger partial charge in [0.1, 0.15) is 0 Å². The van der Waals surface area contributed by atoms with Gasteiger partial charge in [-0.2, -0.15) is 5.26 Å². The van der Waals surface area contributed by atoms with Crippen molar-refractivity contribution in [2.75, 3.05) is 19.6 Å². The molecule has 0 amide bonds. The van der Waals surface area contributed by atoms with Gasteiger partial charge in [-0.1, -0.05) is 18.6 Å². The first-order chi connectivity index (χ1) is 9.69. The van der Waals surface area contributed by atoms with Crippen LogP contribution in [0.3, 0.4) is 0 Å². The largest absolute Gasteiger partial charge is 0.306 e. The van der Waals surface area contributed by atoms with Crippen molar-refractivity contribution in [1.29, 1.82) is 5.26 Å². The molecule has 2 unspecified atom stereocenters. The van der Waals surface area contributed by atoms with Crippen LogP contribution in [0.2, 0.25) is 0 Å². The molecule has 0 aliphatic carbocycles. The van der Waals surface area contributed by atoms with Crippen molar-refractivity contribution in [3.05, 3.63) is 35.4 Å². The molecule has 2 rings (SSSR count). The Morgan fingerprint density at radius 3 is 2.40 bits per heavy atom. The summed E-state index contributed by atoms with van der Waals surface area (Å²) < 4.78 is 0. The number of hydrogen-bond donors (Lipinski definition) is 1. The summed E-state index contributed by atoms with van der Waals surface area (Å²) in [5, 5.41) is 12.5. The lowest BCUT2D eigenvalue weighted by atomic mass is 10.1. The minimum atomic E-state index is 0.322. The van der Waals surface area contributed by atoms with Crippen LogP contribution in [-0.4, -0.2) is 30.6 Å². The van der Waals surface area contributed by atoms with Crippen LogP contribution in [0.5, 0.6) is 0 Å². The number of nitriles is 1. The summed E-state index contributed by atoms with van der Waals surface area (Å²) >= 11 is 0. The van der Waals surface area contributed by atoms with Gasteiger partial charge in [-0.25, -0.2) is 0 Å². The van der Waals surface area contributed by atoms with Crippen LogP contribution < -0.4 is 5.32 Å². The number of nitrogens with zero attached hydrogens (tertiary/aromatic N) is 2. The molecule has 0 radical (unpaired) electrons. The van der Waals surface area contributed by atoms with Crippen LogP contribution >= 0.6 is 0 Å². The summed E-state index contributed by atoms with van der Waals surface area (Å²) in [4.78, 5) is 2.56. The smallest absolute Gasteiger partial charge is 0.0991 e. The first-order valence-electron chi connectivity index (χ1n) is 7.67. The van der Waals surface area contributed by atoms with Gasteiger partial charge in [-0.15, -0.1) is 0 Å². The first-order valence-corrected chi connectivity index (χ1v) is 7.67. The zero-order chi connectivity index (χ0) is 14.4. The monoisotopic (exact) mass is 271 g/mol. The molecule has 1 heterocycles. The highest BCUT2D eigenvalue weighted by molar-refractivity contribution is 5.32. The van der Waals surface area contributed by atoms with Crippen molar-refractivity contribution < 1.29 is 0 Å². The Labute approximate surface area is 122 Å². The molecule has 1 aromatic rings. The fourth-order valence-electron chi connectivity index (χ4n) is 2.95. The first kappa shape index (κ1) is 15.0. The summed E-state index contributed by atoms with van der Waals surface area (Å²) in [5.41, 5.74) is 1.97. The minimum absolute atomic E-state index is 0.322. The van der Waals surface area contributed by atoms with Crippen molar-refractivity contribution in [3.8, 4) is 6.07 Å². The maximum atomic E-state index is 8.82. The molecule has 0 bridgehead atoms. The van der Waals surface area contributed by atoms with Crippen LogP contribution in [0.1, 0.15) is 50.3 Å². The van der Waals surface area contributed by atoms with E-state index in [-0.39, 0.29) is 0 Å². The van der Waals surface area contributed by atoms with Gasteiger partial charge in [0.2, 0.25) is 0 Å². The number of piperidine rings is 1. The predicted octanol–water partition coefficient (Wildman–Crippen LogP) is 3.08. The molecular weight excluding hydrogens is 246 g/mol. The lowest BCUT2D eigenvalue weighted by Crippen LogP contribution is -2.42. The number of likely N-dealkylation sites (tertiary alicyclic amines) is 1. The van der Waals surface area contributed by atoms with Crippen LogP contribution in [0.4, 0.5) is 0 Å². The maximum Gasteiger partial charge on any atom is 0.0991 e. The van der Waals surface area contributed by atoms with E-state index in [0.29, 0.717) is 12.1 Å². The average Bonchev–Trinajstić information content (AvgIpc) is 2.48. The minimum Gasteiger partial charge on any atom is -0.306 e. The van der Waals surface area contributed by atoms with Crippen molar-refractivity contribution in [1.82, 2.24) is 10.2 Å². The third-order valence-corrected chi connectivity index (χ3v) is 4.06. The van der Waals surface area contributed by atoms with Crippen molar-refractivity contribution in [3.63, 3.8) is 0 Å². The average molecular weight is 271 g/mol. The van der Waals surface area contributed by atoms with Gasteiger partial charge in [0.25, 0.3) is 0 Å². The zero-order valence-corrected chi connectivity index (χ0v) is 12.6. The predicted molar refractivity (Wildman–Crippen MR) is 82.5 cm³/mol. The maximum absolute atomic E-state index is 8.82. The fourth-order valence-corrected chi connectivity index (χ4v) is 2.95. The van der Waals surface area contributed by atoms with E-state index in [1.54, 1.807) is 0 Å². The number of hydrogen-bond acceptors (Lipinski definition) is 3. The molecule has 0 aromatic heterocycles. The Morgan fingerprint density at radius 2 is 1.80 bits per heavy atom. The summed E-state index contributed by atoms with van der Waals surface area (Å²) in [6.07, 6.45) is 4.08. The van der Waals surface area contributed by atoms with Crippen LogP contribution in [0, 0.1) is 11.3 Å². The van der Waals surface area contributed by atoms with Crippen molar-refractivity contribution in [2.45, 2.75) is 45.2 Å².